The van der Waals surface area contributed by atoms with Gasteiger partial charge in [-0.3, -0.25) is 10.1 Å². The molecule has 0 aliphatic carbocycles. The predicted molar refractivity (Wildman–Crippen MR) is 129 cm³/mol. The summed E-state index contributed by atoms with van der Waals surface area (Å²) in [6, 6.07) is 18.6. The number of carboxylic acids is 1. The number of halogens is 2. The van der Waals surface area contributed by atoms with Crippen molar-refractivity contribution in [3.05, 3.63) is 83.4 Å². The maximum Gasteiger partial charge on any atom is 0.320 e. The number of alkyl halides is 2. The van der Waals surface area contributed by atoms with E-state index in [0.29, 0.717) is 22.8 Å². The van der Waals surface area contributed by atoms with Gasteiger partial charge >= 0.3 is 5.97 Å². The molecule has 0 amide bonds. The summed E-state index contributed by atoms with van der Waals surface area (Å²) in [7, 11) is 0. The maximum atomic E-state index is 13.4. The Labute approximate surface area is 201 Å². The SMILES string of the molecule is Cc1cc(-c2nc(-c3ccc(C(C)NC(C)C(=O)O)cc3)no2)ccc1-c1ccccc1C(F)F. The largest absolute Gasteiger partial charge is 0.480 e. The molecule has 3 aromatic carbocycles. The van der Waals surface area contributed by atoms with E-state index >= 15 is 0 Å². The molecule has 0 radical (unpaired) electrons. The van der Waals surface area contributed by atoms with Crippen LogP contribution in [-0.4, -0.2) is 27.3 Å². The van der Waals surface area contributed by atoms with E-state index in [2.05, 4.69) is 15.5 Å². The van der Waals surface area contributed by atoms with Crippen LogP contribution in [0.2, 0.25) is 0 Å². The van der Waals surface area contributed by atoms with Gasteiger partial charge in [-0.1, -0.05) is 59.8 Å². The summed E-state index contributed by atoms with van der Waals surface area (Å²) >= 11 is 0. The van der Waals surface area contributed by atoms with Gasteiger partial charge in [0, 0.05) is 22.7 Å². The Hall–Kier alpha value is -3.91. The van der Waals surface area contributed by atoms with Gasteiger partial charge in [-0.15, -0.1) is 0 Å². The fraction of sp³-hybridized carbons (Fsp3) is 0.222. The summed E-state index contributed by atoms with van der Waals surface area (Å²) in [4.78, 5) is 15.6. The number of hydrogen-bond acceptors (Lipinski definition) is 5. The number of rotatable bonds is 8. The summed E-state index contributed by atoms with van der Waals surface area (Å²) < 4.78 is 32.4. The molecule has 0 aliphatic rings. The zero-order valence-electron chi connectivity index (χ0n) is 19.5. The molecule has 0 saturated carbocycles. The highest BCUT2D eigenvalue weighted by molar-refractivity contribution is 5.74. The van der Waals surface area contributed by atoms with Crippen LogP contribution in [0.25, 0.3) is 34.0 Å². The number of aryl methyl sites for hydroxylation is 1. The molecule has 0 aliphatic heterocycles. The van der Waals surface area contributed by atoms with Crippen molar-refractivity contribution in [1.82, 2.24) is 15.5 Å². The van der Waals surface area contributed by atoms with Crippen molar-refractivity contribution in [2.24, 2.45) is 0 Å². The Morgan fingerprint density at radius 3 is 2.31 bits per heavy atom. The Morgan fingerprint density at radius 1 is 0.971 bits per heavy atom. The van der Waals surface area contributed by atoms with E-state index in [1.54, 1.807) is 37.3 Å². The molecule has 4 aromatic rings. The zero-order valence-corrected chi connectivity index (χ0v) is 19.5. The minimum atomic E-state index is -2.56. The highest BCUT2D eigenvalue weighted by Crippen LogP contribution is 2.34. The van der Waals surface area contributed by atoms with Crippen molar-refractivity contribution in [1.29, 1.82) is 0 Å². The summed E-state index contributed by atoms with van der Waals surface area (Å²) in [6.07, 6.45) is -2.56. The average molecular weight is 478 g/mol. The van der Waals surface area contributed by atoms with Crippen molar-refractivity contribution in [3.63, 3.8) is 0 Å². The van der Waals surface area contributed by atoms with Gasteiger partial charge < -0.3 is 9.63 Å². The van der Waals surface area contributed by atoms with Crippen LogP contribution in [0.3, 0.4) is 0 Å². The maximum absolute atomic E-state index is 13.4. The van der Waals surface area contributed by atoms with Gasteiger partial charge in [0.25, 0.3) is 12.3 Å². The molecule has 2 atom stereocenters. The number of aromatic nitrogens is 2. The third kappa shape index (κ3) is 5.27. The first-order valence-electron chi connectivity index (χ1n) is 11.2. The first kappa shape index (κ1) is 24.2. The van der Waals surface area contributed by atoms with Crippen molar-refractivity contribution >= 4 is 5.97 Å². The Bertz CT molecular complexity index is 1340. The van der Waals surface area contributed by atoms with Gasteiger partial charge in [-0.25, -0.2) is 8.78 Å². The van der Waals surface area contributed by atoms with Crippen molar-refractivity contribution in [2.45, 2.75) is 39.3 Å². The monoisotopic (exact) mass is 477 g/mol. The molecule has 4 rings (SSSR count). The number of aliphatic carboxylic acids is 1. The summed E-state index contributed by atoms with van der Waals surface area (Å²) in [5.74, 6) is -0.170. The fourth-order valence-corrected chi connectivity index (χ4v) is 3.95. The van der Waals surface area contributed by atoms with Crippen LogP contribution in [0.1, 0.15) is 43.0 Å². The fourth-order valence-electron chi connectivity index (χ4n) is 3.95. The molecule has 2 N–H and O–H groups in total. The van der Waals surface area contributed by atoms with Gasteiger partial charge in [-0.2, -0.15) is 4.98 Å². The Balaban J connectivity index is 1.54. The van der Waals surface area contributed by atoms with E-state index in [4.69, 9.17) is 9.63 Å². The molecule has 2 unspecified atom stereocenters. The van der Waals surface area contributed by atoms with E-state index in [1.165, 1.54) is 6.07 Å². The van der Waals surface area contributed by atoms with Crippen molar-refractivity contribution in [2.75, 3.05) is 0 Å². The third-order valence-electron chi connectivity index (χ3n) is 5.92. The average Bonchev–Trinajstić information content (AvgIpc) is 3.34. The third-order valence-corrected chi connectivity index (χ3v) is 5.92. The predicted octanol–water partition coefficient (Wildman–Crippen LogP) is 6.44. The van der Waals surface area contributed by atoms with E-state index in [-0.39, 0.29) is 11.6 Å². The summed E-state index contributed by atoms with van der Waals surface area (Å²) in [6.45, 7) is 5.35. The number of carbonyl (C=O) groups is 1. The normalized spacial score (nSPS) is 13.1. The number of benzene rings is 3. The molecule has 0 saturated heterocycles. The molecule has 0 fully saturated rings. The number of nitrogens with zero attached hydrogens (tertiary/aromatic N) is 2. The second kappa shape index (κ2) is 10.1. The van der Waals surface area contributed by atoms with Gasteiger partial charge in [0.2, 0.25) is 5.82 Å². The molecule has 1 heterocycles. The van der Waals surface area contributed by atoms with E-state index in [9.17, 15) is 13.6 Å². The number of carboxylic acid groups (broad SMARTS) is 1. The van der Waals surface area contributed by atoms with Crippen LogP contribution in [0.15, 0.2) is 71.3 Å². The molecular weight excluding hydrogens is 452 g/mol. The Kier molecular flexibility index (Phi) is 7.02. The van der Waals surface area contributed by atoms with Crippen molar-refractivity contribution in [3.8, 4) is 34.0 Å². The summed E-state index contributed by atoms with van der Waals surface area (Å²) in [5.41, 5.74) is 4.41. The first-order chi connectivity index (χ1) is 16.7. The minimum absolute atomic E-state index is 0.00573. The molecule has 8 heteroatoms. The van der Waals surface area contributed by atoms with Crippen LogP contribution in [0, 0.1) is 6.92 Å². The van der Waals surface area contributed by atoms with Crippen molar-refractivity contribution < 1.29 is 23.2 Å². The van der Waals surface area contributed by atoms with Crippen LogP contribution in [0.5, 0.6) is 0 Å². The highest BCUT2D eigenvalue weighted by atomic mass is 19.3. The molecule has 0 spiro atoms. The molecule has 6 nitrogen and oxygen atoms in total. The van der Waals surface area contributed by atoms with Gasteiger partial charge in [-0.05, 0) is 55.2 Å². The van der Waals surface area contributed by atoms with Crippen LogP contribution in [-0.2, 0) is 4.79 Å². The lowest BCUT2D eigenvalue weighted by atomic mass is 9.94. The van der Waals surface area contributed by atoms with E-state index < -0.39 is 18.4 Å². The quantitative estimate of drug-likeness (QED) is 0.304. The van der Waals surface area contributed by atoms with Gasteiger partial charge in [0.15, 0.2) is 0 Å². The lowest BCUT2D eigenvalue weighted by molar-refractivity contribution is -0.139. The number of nitrogens with one attached hydrogen (secondary N) is 1. The van der Waals surface area contributed by atoms with Crippen LogP contribution >= 0.6 is 0 Å². The molecule has 35 heavy (non-hydrogen) atoms. The zero-order chi connectivity index (χ0) is 25.1. The standard InChI is InChI=1S/C27H25F2N3O3/c1-15-14-20(12-13-21(15)22-6-4-5-7-23(22)24(28)29)26-31-25(32-35-26)19-10-8-18(9-11-19)16(2)30-17(3)27(33)34/h4-14,16-17,24,30H,1-3H3,(H,33,34). The lowest BCUT2D eigenvalue weighted by Gasteiger charge is -2.17. The number of hydrogen-bond donors (Lipinski definition) is 2. The first-order valence-corrected chi connectivity index (χ1v) is 11.2. The lowest BCUT2D eigenvalue weighted by Crippen LogP contribution is -2.35. The highest BCUT2D eigenvalue weighted by Gasteiger charge is 2.18. The molecular formula is C27H25F2N3O3. The minimum Gasteiger partial charge on any atom is -0.480 e. The smallest absolute Gasteiger partial charge is 0.320 e. The molecule has 0 bridgehead atoms. The van der Waals surface area contributed by atoms with Crippen LogP contribution in [0.4, 0.5) is 8.78 Å². The second-order valence-electron chi connectivity index (χ2n) is 8.41. The molecule has 1 aromatic heterocycles. The van der Waals surface area contributed by atoms with Gasteiger partial charge in [0.05, 0.1) is 0 Å². The molecule has 180 valence electrons. The van der Waals surface area contributed by atoms with E-state index in [1.807, 2.05) is 44.2 Å². The van der Waals surface area contributed by atoms with Crippen LogP contribution < -0.4 is 5.32 Å². The summed E-state index contributed by atoms with van der Waals surface area (Å²) in [5, 5.41) is 16.2. The van der Waals surface area contributed by atoms with E-state index in [0.717, 1.165) is 22.3 Å². The topological polar surface area (TPSA) is 88.2 Å². The second-order valence-corrected chi connectivity index (χ2v) is 8.41. The van der Waals surface area contributed by atoms with Gasteiger partial charge in [0.1, 0.15) is 6.04 Å². The Morgan fingerprint density at radius 2 is 1.66 bits per heavy atom.